The van der Waals surface area contributed by atoms with Crippen molar-refractivity contribution in [3.8, 4) is 0 Å². The summed E-state index contributed by atoms with van der Waals surface area (Å²) in [6.45, 7) is 4.25. The van der Waals surface area contributed by atoms with Gasteiger partial charge in [0, 0.05) is 13.0 Å². The largest absolute Gasteiger partial charge is 0.356 e. The van der Waals surface area contributed by atoms with Crippen molar-refractivity contribution in [1.29, 1.82) is 0 Å². The number of hydrogen-bond donors (Lipinski definition) is 2. The Balaban J connectivity index is 1.99. The van der Waals surface area contributed by atoms with Gasteiger partial charge in [-0.25, -0.2) is 0 Å². The molecule has 0 saturated carbocycles. The number of nitrogens with one attached hydrogen (secondary N) is 2. The van der Waals surface area contributed by atoms with Gasteiger partial charge in [-0.2, -0.15) is 5.10 Å². The summed E-state index contributed by atoms with van der Waals surface area (Å²) in [6.07, 6.45) is 0.144. The monoisotopic (exact) mass is 318 g/mol. The van der Waals surface area contributed by atoms with Gasteiger partial charge in [0.15, 0.2) is 5.17 Å². The lowest BCUT2D eigenvalue weighted by molar-refractivity contribution is -0.125. The Morgan fingerprint density at radius 1 is 1.36 bits per heavy atom. The van der Waals surface area contributed by atoms with Gasteiger partial charge < -0.3 is 10.6 Å². The van der Waals surface area contributed by atoms with Gasteiger partial charge in [-0.3, -0.25) is 9.59 Å². The summed E-state index contributed by atoms with van der Waals surface area (Å²) in [5, 5.41) is 13.5. The van der Waals surface area contributed by atoms with Gasteiger partial charge >= 0.3 is 0 Å². The van der Waals surface area contributed by atoms with Crippen LogP contribution in [0.5, 0.6) is 0 Å². The van der Waals surface area contributed by atoms with E-state index in [-0.39, 0.29) is 18.2 Å². The number of carbonyl (C=O) groups excluding carboxylic acids is 2. The minimum atomic E-state index is -0.447. The molecule has 7 heteroatoms. The van der Waals surface area contributed by atoms with Crippen LogP contribution < -0.4 is 10.6 Å². The third-order valence-corrected chi connectivity index (χ3v) is 4.08. The fraction of sp³-hybridized carbons (Fsp3) is 0.333. The molecule has 2 rings (SSSR count). The third-order valence-electron chi connectivity index (χ3n) is 3.00. The molecule has 0 radical (unpaired) electrons. The molecule has 6 nitrogen and oxygen atoms in total. The van der Waals surface area contributed by atoms with Crippen LogP contribution in [0.15, 0.2) is 40.5 Å². The molecule has 1 aliphatic heterocycles. The second-order valence-electron chi connectivity index (χ2n) is 4.71. The lowest BCUT2D eigenvalue weighted by atomic mass is 10.1. The SMILES string of the molecule is CCNC(=O)C[C@@H]1S/C(=N/N=C(/C)c2ccccc2)NC1=O. The molecule has 0 unspecified atom stereocenters. The van der Waals surface area contributed by atoms with Gasteiger partial charge in [0.1, 0.15) is 5.25 Å². The second-order valence-corrected chi connectivity index (χ2v) is 5.90. The lowest BCUT2D eigenvalue weighted by Gasteiger charge is -2.04. The fourth-order valence-corrected chi connectivity index (χ4v) is 2.80. The van der Waals surface area contributed by atoms with E-state index in [1.165, 1.54) is 11.8 Å². The van der Waals surface area contributed by atoms with Crippen molar-refractivity contribution < 1.29 is 9.59 Å². The van der Waals surface area contributed by atoms with Crippen LogP contribution in [0.2, 0.25) is 0 Å². The van der Waals surface area contributed by atoms with Crippen molar-refractivity contribution in [3.63, 3.8) is 0 Å². The van der Waals surface area contributed by atoms with E-state index in [2.05, 4.69) is 20.8 Å². The minimum absolute atomic E-state index is 0.139. The van der Waals surface area contributed by atoms with Gasteiger partial charge in [-0.05, 0) is 19.4 Å². The molecular weight excluding hydrogens is 300 g/mol. The first-order valence-electron chi connectivity index (χ1n) is 7.02. The zero-order valence-electron chi connectivity index (χ0n) is 12.5. The number of hydrogen-bond acceptors (Lipinski definition) is 5. The normalized spacial score (nSPS) is 20.1. The highest BCUT2D eigenvalue weighted by molar-refractivity contribution is 8.15. The van der Waals surface area contributed by atoms with Gasteiger partial charge in [0.25, 0.3) is 0 Å². The van der Waals surface area contributed by atoms with E-state index in [0.29, 0.717) is 11.7 Å². The van der Waals surface area contributed by atoms with E-state index in [4.69, 9.17) is 0 Å². The van der Waals surface area contributed by atoms with Gasteiger partial charge in [0.05, 0.1) is 5.71 Å². The number of carbonyl (C=O) groups is 2. The number of amides is 2. The van der Waals surface area contributed by atoms with E-state index >= 15 is 0 Å². The summed E-state index contributed by atoms with van der Waals surface area (Å²) in [5.74, 6) is -0.345. The van der Waals surface area contributed by atoms with E-state index in [1.54, 1.807) is 0 Å². The molecule has 0 bridgehead atoms. The average Bonchev–Trinajstić information content (AvgIpc) is 2.86. The zero-order valence-corrected chi connectivity index (χ0v) is 13.3. The Morgan fingerprint density at radius 3 is 2.77 bits per heavy atom. The molecule has 1 aliphatic rings. The maximum absolute atomic E-state index is 11.8. The van der Waals surface area contributed by atoms with Crippen molar-refractivity contribution in [2.75, 3.05) is 6.54 Å². The van der Waals surface area contributed by atoms with E-state index < -0.39 is 5.25 Å². The standard InChI is InChI=1S/C15H18N4O2S/c1-3-16-13(20)9-12-14(21)17-15(22-12)19-18-10(2)11-7-5-4-6-8-11/h4-8,12H,3,9H2,1-2H3,(H,16,20)(H,17,19,21)/b18-10-/t12-/m0/s1. The molecule has 1 aromatic carbocycles. The summed E-state index contributed by atoms with van der Waals surface area (Å²) in [7, 11) is 0. The highest BCUT2D eigenvalue weighted by Gasteiger charge is 2.32. The van der Waals surface area contributed by atoms with Gasteiger partial charge in [-0.15, -0.1) is 5.10 Å². The Hall–Kier alpha value is -2.15. The van der Waals surface area contributed by atoms with Crippen molar-refractivity contribution in [2.24, 2.45) is 10.2 Å². The highest BCUT2D eigenvalue weighted by Crippen LogP contribution is 2.22. The number of rotatable bonds is 5. The van der Waals surface area contributed by atoms with Gasteiger partial charge in [-0.1, -0.05) is 42.1 Å². The van der Waals surface area contributed by atoms with Crippen molar-refractivity contribution in [3.05, 3.63) is 35.9 Å². The molecule has 1 heterocycles. The Kier molecular flexibility index (Phi) is 5.71. The van der Waals surface area contributed by atoms with Crippen LogP contribution in [-0.4, -0.2) is 34.5 Å². The predicted octanol–water partition coefficient (Wildman–Crippen LogP) is 1.52. The summed E-state index contributed by atoms with van der Waals surface area (Å²) in [4.78, 5) is 23.3. The van der Waals surface area contributed by atoms with Crippen LogP contribution >= 0.6 is 11.8 Å². The average molecular weight is 318 g/mol. The summed E-state index contributed by atoms with van der Waals surface area (Å²) < 4.78 is 0. The molecule has 0 aromatic heterocycles. The van der Waals surface area contributed by atoms with Crippen LogP contribution in [0.3, 0.4) is 0 Å². The molecular formula is C15H18N4O2S. The number of nitrogens with zero attached hydrogens (tertiary/aromatic N) is 2. The highest BCUT2D eigenvalue weighted by atomic mass is 32.2. The first-order valence-corrected chi connectivity index (χ1v) is 7.90. The maximum atomic E-state index is 11.8. The molecule has 22 heavy (non-hydrogen) atoms. The van der Waals surface area contributed by atoms with Crippen LogP contribution in [0.25, 0.3) is 0 Å². The molecule has 1 fully saturated rings. The molecule has 1 aromatic rings. The Labute approximate surface area is 133 Å². The van der Waals surface area contributed by atoms with Crippen LogP contribution in [0.1, 0.15) is 25.8 Å². The van der Waals surface area contributed by atoms with Crippen LogP contribution in [-0.2, 0) is 9.59 Å². The molecule has 0 spiro atoms. The summed E-state index contributed by atoms with van der Waals surface area (Å²) in [6, 6.07) is 9.67. The van der Waals surface area contributed by atoms with E-state index in [9.17, 15) is 9.59 Å². The van der Waals surface area contributed by atoms with Crippen molar-refractivity contribution in [2.45, 2.75) is 25.5 Å². The molecule has 2 N–H and O–H groups in total. The molecule has 116 valence electrons. The summed E-state index contributed by atoms with van der Waals surface area (Å²) in [5.41, 5.74) is 1.73. The molecule has 2 amide bonds. The van der Waals surface area contributed by atoms with Gasteiger partial charge in [0.2, 0.25) is 11.8 Å². The third kappa shape index (κ3) is 4.42. The molecule has 1 atom stereocenters. The number of amidine groups is 1. The van der Waals surface area contributed by atoms with Crippen LogP contribution in [0.4, 0.5) is 0 Å². The van der Waals surface area contributed by atoms with E-state index in [0.717, 1.165) is 11.3 Å². The fourth-order valence-electron chi connectivity index (χ4n) is 1.88. The quantitative estimate of drug-likeness (QED) is 0.638. The lowest BCUT2D eigenvalue weighted by Crippen LogP contribution is -2.31. The summed E-state index contributed by atoms with van der Waals surface area (Å²) >= 11 is 1.23. The second kappa shape index (κ2) is 7.74. The van der Waals surface area contributed by atoms with Crippen LogP contribution in [0, 0.1) is 0 Å². The van der Waals surface area contributed by atoms with Crippen molar-refractivity contribution in [1.82, 2.24) is 10.6 Å². The maximum Gasteiger partial charge on any atom is 0.240 e. The number of thioether (sulfide) groups is 1. The molecule has 0 aliphatic carbocycles. The Bertz CT molecular complexity index is 613. The molecule has 1 saturated heterocycles. The minimum Gasteiger partial charge on any atom is -0.356 e. The predicted molar refractivity (Wildman–Crippen MR) is 88.9 cm³/mol. The van der Waals surface area contributed by atoms with Crippen molar-refractivity contribution >= 4 is 34.5 Å². The Morgan fingerprint density at radius 2 is 2.09 bits per heavy atom. The topological polar surface area (TPSA) is 82.9 Å². The smallest absolute Gasteiger partial charge is 0.240 e. The first kappa shape index (κ1) is 16.2. The zero-order chi connectivity index (χ0) is 15.9. The first-order chi connectivity index (χ1) is 10.6. The number of benzene rings is 1. The van der Waals surface area contributed by atoms with E-state index in [1.807, 2.05) is 44.2 Å².